The second-order valence-electron chi connectivity index (χ2n) is 5.03. The van der Waals surface area contributed by atoms with Crippen LogP contribution in [-0.2, 0) is 16.8 Å². The summed E-state index contributed by atoms with van der Waals surface area (Å²) in [6.07, 6.45) is 0.888. The Morgan fingerprint density at radius 2 is 2.05 bits per heavy atom. The van der Waals surface area contributed by atoms with Crippen LogP contribution in [0.4, 0.5) is 0 Å². The van der Waals surface area contributed by atoms with Gasteiger partial charge >= 0.3 is 0 Å². The molecule has 106 valence electrons. The minimum Gasteiger partial charge on any atom is -0.305 e. The summed E-state index contributed by atoms with van der Waals surface area (Å²) < 4.78 is 28.5. The standard InChI is InChI=1S/C13H21N3O2S/c1-15-9-8-13(11-15)16(2)19(17,18)14-10-12-6-4-3-5-7-12/h3-7,13-14H,8-11H2,1-2H3/t13-/m0/s1. The molecule has 0 saturated carbocycles. The van der Waals surface area contributed by atoms with Gasteiger partial charge in [0.2, 0.25) is 0 Å². The molecule has 2 rings (SSSR count). The smallest absolute Gasteiger partial charge is 0.279 e. The molecule has 1 aliphatic heterocycles. The molecule has 0 unspecified atom stereocenters. The van der Waals surface area contributed by atoms with E-state index in [0.29, 0.717) is 6.54 Å². The van der Waals surface area contributed by atoms with Crippen molar-refractivity contribution >= 4 is 10.2 Å². The molecule has 0 spiro atoms. The number of likely N-dealkylation sites (tertiary alicyclic amines) is 1. The predicted molar refractivity (Wildman–Crippen MR) is 75.9 cm³/mol. The summed E-state index contributed by atoms with van der Waals surface area (Å²) >= 11 is 0. The highest BCUT2D eigenvalue weighted by atomic mass is 32.2. The van der Waals surface area contributed by atoms with E-state index in [-0.39, 0.29) is 6.04 Å². The fraction of sp³-hybridized carbons (Fsp3) is 0.538. The molecule has 1 saturated heterocycles. The van der Waals surface area contributed by atoms with Crippen molar-refractivity contribution in [3.8, 4) is 0 Å². The highest BCUT2D eigenvalue weighted by molar-refractivity contribution is 7.87. The summed E-state index contributed by atoms with van der Waals surface area (Å²) in [7, 11) is 0.253. The third-order valence-corrected chi connectivity index (χ3v) is 5.13. The molecule has 1 N–H and O–H groups in total. The van der Waals surface area contributed by atoms with Crippen LogP contribution in [0.15, 0.2) is 30.3 Å². The van der Waals surface area contributed by atoms with E-state index in [4.69, 9.17) is 0 Å². The molecule has 0 aliphatic carbocycles. The Balaban J connectivity index is 1.94. The van der Waals surface area contributed by atoms with Gasteiger partial charge in [-0.1, -0.05) is 30.3 Å². The Kier molecular flexibility index (Phi) is 4.57. The monoisotopic (exact) mass is 283 g/mol. The molecule has 1 atom stereocenters. The first-order valence-corrected chi connectivity index (χ1v) is 7.88. The molecule has 19 heavy (non-hydrogen) atoms. The maximum atomic E-state index is 12.2. The van der Waals surface area contributed by atoms with Gasteiger partial charge < -0.3 is 4.90 Å². The van der Waals surface area contributed by atoms with Crippen LogP contribution in [0.1, 0.15) is 12.0 Å². The predicted octanol–water partition coefficient (Wildman–Crippen LogP) is 0.657. The van der Waals surface area contributed by atoms with Crippen molar-refractivity contribution in [3.63, 3.8) is 0 Å². The third-order valence-electron chi connectivity index (χ3n) is 3.56. The van der Waals surface area contributed by atoms with Crippen LogP contribution in [0.5, 0.6) is 0 Å². The van der Waals surface area contributed by atoms with E-state index < -0.39 is 10.2 Å². The fourth-order valence-electron chi connectivity index (χ4n) is 2.28. The minimum atomic E-state index is -3.41. The van der Waals surface area contributed by atoms with Gasteiger partial charge in [-0.05, 0) is 25.6 Å². The van der Waals surface area contributed by atoms with Gasteiger partial charge in [0.05, 0.1) is 0 Å². The largest absolute Gasteiger partial charge is 0.305 e. The van der Waals surface area contributed by atoms with E-state index in [1.807, 2.05) is 37.4 Å². The van der Waals surface area contributed by atoms with Gasteiger partial charge in [-0.25, -0.2) is 0 Å². The molecule has 1 aliphatic rings. The van der Waals surface area contributed by atoms with Gasteiger partial charge in [-0.3, -0.25) is 0 Å². The molecule has 1 heterocycles. The molecule has 0 bridgehead atoms. The van der Waals surface area contributed by atoms with Crippen molar-refractivity contribution in [1.29, 1.82) is 0 Å². The number of rotatable bonds is 5. The van der Waals surface area contributed by atoms with Crippen molar-refractivity contribution in [2.24, 2.45) is 0 Å². The number of nitrogens with one attached hydrogen (secondary N) is 1. The lowest BCUT2D eigenvalue weighted by molar-refractivity contribution is 0.342. The summed E-state index contributed by atoms with van der Waals surface area (Å²) in [6, 6.07) is 9.60. The summed E-state index contributed by atoms with van der Waals surface area (Å²) in [4.78, 5) is 2.15. The van der Waals surface area contributed by atoms with Crippen LogP contribution in [0.3, 0.4) is 0 Å². The van der Waals surface area contributed by atoms with Crippen molar-refractivity contribution in [2.75, 3.05) is 27.2 Å². The average molecular weight is 283 g/mol. The topological polar surface area (TPSA) is 52.7 Å². The zero-order chi connectivity index (χ0) is 13.9. The average Bonchev–Trinajstić information content (AvgIpc) is 2.83. The molecule has 1 fully saturated rings. The minimum absolute atomic E-state index is 0.0678. The number of nitrogens with zero attached hydrogens (tertiary/aromatic N) is 2. The second-order valence-corrected chi connectivity index (χ2v) is 6.85. The first-order chi connectivity index (χ1) is 8.99. The number of likely N-dealkylation sites (N-methyl/N-ethyl adjacent to an activating group) is 2. The first kappa shape index (κ1) is 14.5. The highest BCUT2D eigenvalue weighted by Gasteiger charge is 2.30. The van der Waals surface area contributed by atoms with Crippen LogP contribution >= 0.6 is 0 Å². The summed E-state index contributed by atoms with van der Waals surface area (Å²) in [6.45, 7) is 2.07. The molecule has 5 nitrogen and oxygen atoms in total. The van der Waals surface area contributed by atoms with Gasteiger partial charge in [0.15, 0.2) is 0 Å². The Morgan fingerprint density at radius 3 is 2.63 bits per heavy atom. The van der Waals surface area contributed by atoms with E-state index in [0.717, 1.165) is 25.1 Å². The quantitative estimate of drug-likeness (QED) is 0.863. The van der Waals surface area contributed by atoms with Gasteiger partial charge in [-0.15, -0.1) is 0 Å². The van der Waals surface area contributed by atoms with Crippen LogP contribution in [-0.4, -0.2) is 50.8 Å². The van der Waals surface area contributed by atoms with Crippen molar-refractivity contribution in [3.05, 3.63) is 35.9 Å². The summed E-state index contributed by atoms with van der Waals surface area (Å²) in [5, 5.41) is 0. The Bertz CT molecular complexity index is 504. The summed E-state index contributed by atoms with van der Waals surface area (Å²) in [5.74, 6) is 0. The van der Waals surface area contributed by atoms with Gasteiger partial charge in [0, 0.05) is 26.2 Å². The Hall–Kier alpha value is -0.950. The second kappa shape index (κ2) is 6.00. The zero-order valence-electron chi connectivity index (χ0n) is 11.4. The number of hydrogen-bond donors (Lipinski definition) is 1. The zero-order valence-corrected chi connectivity index (χ0v) is 12.2. The maximum absolute atomic E-state index is 12.2. The normalized spacial score (nSPS) is 21.1. The molecule has 6 heteroatoms. The van der Waals surface area contributed by atoms with E-state index in [1.165, 1.54) is 4.31 Å². The van der Waals surface area contributed by atoms with Crippen molar-refractivity contribution in [2.45, 2.75) is 19.0 Å². The van der Waals surface area contributed by atoms with Crippen LogP contribution < -0.4 is 4.72 Å². The number of benzene rings is 1. The van der Waals surface area contributed by atoms with Crippen LogP contribution in [0.25, 0.3) is 0 Å². The van der Waals surface area contributed by atoms with E-state index in [1.54, 1.807) is 7.05 Å². The molecule has 0 aromatic heterocycles. The van der Waals surface area contributed by atoms with E-state index in [9.17, 15) is 8.42 Å². The number of hydrogen-bond acceptors (Lipinski definition) is 3. The molecule has 1 aromatic carbocycles. The van der Waals surface area contributed by atoms with Gasteiger partial charge in [0.1, 0.15) is 0 Å². The molecular formula is C13H21N3O2S. The van der Waals surface area contributed by atoms with Crippen LogP contribution in [0.2, 0.25) is 0 Å². The van der Waals surface area contributed by atoms with Gasteiger partial charge in [0.25, 0.3) is 10.2 Å². The molecular weight excluding hydrogens is 262 g/mol. The summed E-state index contributed by atoms with van der Waals surface area (Å²) in [5.41, 5.74) is 0.961. The van der Waals surface area contributed by atoms with Gasteiger partial charge in [-0.2, -0.15) is 17.4 Å². The third kappa shape index (κ3) is 3.76. The first-order valence-electron chi connectivity index (χ1n) is 6.44. The van der Waals surface area contributed by atoms with E-state index in [2.05, 4.69) is 9.62 Å². The van der Waals surface area contributed by atoms with Crippen molar-refractivity contribution in [1.82, 2.24) is 13.9 Å². The lowest BCUT2D eigenvalue weighted by atomic mass is 10.2. The van der Waals surface area contributed by atoms with E-state index >= 15 is 0 Å². The van der Waals surface area contributed by atoms with Crippen LogP contribution in [0, 0.1) is 0 Å². The lowest BCUT2D eigenvalue weighted by Gasteiger charge is -2.23. The SMILES string of the molecule is CN1CC[C@H](N(C)S(=O)(=O)NCc2ccccc2)C1. The van der Waals surface area contributed by atoms with Crippen molar-refractivity contribution < 1.29 is 8.42 Å². The maximum Gasteiger partial charge on any atom is 0.279 e. The lowest BCUT2D eigenvalue weighted by Crippen LogP contribution is -2.44. The molecule has 0 amide bonds. The molecule has 0 radical (unpaired) electrons. The molecule has 1 aromatic rings. The Labute approximate surface area is 115 Å². The fourth-order valence-corrected chi connectivity index (χ4v) is 3.39. The Morgan fingerprint density at radius 1 is 1.37 bits per heavy atom. The highest BCUT2D eigenvalue weighted by Crippen LogP contribution is 2.15.